The van der Waals surface area contributed by atoms with Crippen LogP contribution in [-0.2, 0) is 11.3 Å². The number of aryl methyl sites for hydroxylation is 1. The van der Waals surface area contributed by atoms with E-state index in [0.29, 0.717) is 25.2 Å². The molecule has 32 heavy (non-hydrogen) atoms. The van der Waals surface area contributed by atoms with Crippen LogP contribution in [0.1, 0.15) is 37.1 Å². The van der Waals surface area contributed by atoms with Crippen molar-refractivity contribution in [3.63, 3.8) is 0 Å². The van der Waals surface area contributed by atoms with Crippen molar-refractivity contribution in [1.82, 2.24) is 19.8 Å². The van der Waals surface area contributed by atoms with Crippen LogP contribution in [0.15, 0.2) is 42.5 Å². The predicted octanol–water partition coefficient (Wildman–Crippen LogP) is 4.23. The first-order chi connectivity index (χ1) is 15.5. The standard InChI is InChI=1S/C26H31N5O/c1-17-27-24-12-7-20(14-23(24)26(28-17)29-21-8-9-21)19-6-4-5-18(13-19)15-31(22-10-11-22)25(32)16-30(2)3/h4-7,12-14,21-22H,8-11,15-16H2,1-3H3,(H,27,28,29). The van der Waals surface area contributed by atoms with E-state index in [1.54, 1.807) is 0 Å². The van der Waals surface area contributed by atoms with Gasteiger partial charge in [0.2, 0.25) is 5.91 Å². The van der Waals surface area contributed by atoms with Crippen LogP contribution in [0.3, 0.4) is 0 Å². The molecule has 0 unspecified atom stereocenters. The largest absolute Gasteiger partial charge is 0.367 e. The van der Waals surface area contributed by atoms with Crippen LogP contribution in [-0.4, -0.2) is 58.4 Å². The Kier molecular flexibility index (Phi) is 5.55. The molecule has 6 heteroatoms. The number of amides is 1. The van der Waals surface area contributed by atoms with E-state index in [-0.39, 0.29) is 5.91 Å². The molecule has 166 valence electrons. The van der Waals surface area contributed by atoms with Gasteiger partial charge in [-0.15, -0.1) is 0 Å². The first kappa shape index (κ1) is 20.9. The van der Waals surface area contributed by atoms with Crippen molar-refractivity contribution in [2.75, 3.05) is 26.0 Å². The van der Waals surface area contributed by atoms with Crippen molar-refractivity contribution < 1.29 is 4.79 Å². The van der Waals surface area contributed by atoms with Crippen LogP contribution < -0.4 is 5.32 Å². The zero-order chi connectivity index (χ0) is 22.2. The normalized spacial score (nSPS) is 15.9. The van der Waals surface area contributed by atoms with Gasteiger partial charge in [0.25, 0.3) is 0 Å². The maximum absolute atomic E-state index is 12.8. The summed E-state index contributed by atoms with van der Waals surface area (Å²) in [6, 6.07) is 15.9. The minimum absolute atomic E-state index is 0.205. The molecule has 2 aromatic carbocycles. The lowest BCUT2D eigenvalue weighted by Crippen LogP contribution is -2.38. The van der Waals surface area contributed by atoms with Crippen molar-refractivity contribution in [2.24, 2.45) is 0 Å². The van der Waals surface area contributed by atoms with Crippen LogP contribution in [0.4, 0.5) is 5.82 Å². The second-order valence-electron chi connectivity index (χ2n) is 9.46. The van der Waals surface area contributed by atoms with Gasteiger partial charge in [0.05, 0.1) is 12.1 Å². The molecular weight excluding hydrogens is 398 g/mol. The number of anilines is 1. The van der Waals surface area contributed by atoms with E-state index in [4.69, 9.17) is 0 Å². The van der Waals surface area contributed by atoms with Crippen molar-refractivity contribution in [1.29, 1.82) is 0 Å². The number of aromatic nitrogens is 2. The van der Waals surface area contributed by atoms with Gasteiger partial charge >= 0.3 is 0 Å². The molecule has 5 rings (SSSR count). The van der Waals surface area contributed by atoms with E-state index < -0.39 is 0 Å². The van der Waals surface area contributed by atoms with Gasteiger partial charge in [0.1, 0.15) is 11.6 Å². The third-order valence-electron chi connectivity index (χ3n) is 6.10. The second kappa shape index (κ2) is 8.51. The number of rotatable bonds is 8. The number of hydrogen-bond acceptors (Lipinski definition) is 5. The van der Waals surface area contributed by atoms with Crippen molar-refractivity contribution >= 4 is 22.6 Å². The van der Waals surface area contributed by atoms with Gasteiger partial charge < -0.3 is 15.1 Å². The van der Waals surface area contributed by atoms with E-state index in [9.17, 15) is 4.79 Å². The molecule has 0 aliphatic heterocycles. The molecule has 2 fully saturated rings. The Morgan fingerprint density at radius 1 is 1.03 bits per heavy atom. The molecule has 0 spiro atoms. The first-order valence-corrected chi connectivity index (χ1v) is 11.5. The fourth-order valence-electron chi connectivity index (χ4n) is 4.17. The second-order valence-corrected chi connectivity index (χ2v) is 9.46. The van der Waals surface area contributed by atoms with Gasteiger partial charge in [-0.25, -0.2) is 9.97 Å². The van der Waals surface area contributed by atoms with Gasteiger partial charge in [0, 0.05) is 24.0 Å². The van der Waals surface area contributed by atoms with E-state index in [2.05, 4.69) is 57.7 Å². The van der Waals surface area contributed by atoms with Crippen LogP contribution >= 0.6 is 0 Å². The predicted molar refractivity (Wildman–Crippen MR) is 128 cm³/mol. The number of hydrogen-bond donors (Lipinski definition) is 1. The highest BCUT2D eigenvalue weighted by atomic mass is 16.2. The Morgan fingerprint density at radius 3 is 2.53 bits per heavy atom. The summed E-state index contributed by atoms with van der Waals surface area (Å²) < 4.78 is 0. The third kappa shape index (κ3) is 4.75. The van der Waals surface area contributed by atoms with E-state index in [0.717, 1.165) is 52.1 Å². The van der Waals surface area contributed by atoms with E-state index in [1.165, 1.54) is 12.8 Å². The van der Waals surface area contributed by atoms with Gasteiger partial charge in [-0.3, -0.25) is 4.79 Å². The zero-order valence-electron chi connectivity index (χ0n) is 19.1. The summed E-state index contributed by atoms with van der Waals surface area (Å²) in [4.78, 5) is 26.1. The maximum Gasteiger partial charge on any atom is 0.237 e. The summed E-state index contributed by atoms with van der Waals surface area (Å²) in [6.45, 7) is 3.06. The molecule has 2 saturated carbocycles. The molecule has 3 aromatic rings. The Labute approximate surface area is 189 Å². The number of nitrogens with zero attached hydrogens (tertiary/aromatic N) is 4. The average Bonchev–Trinajstić information content (AvgIpc) is 3.66. The molecule has 0 radical (unpaired) electrons. The molecule has 1 heterocycles. The highest BCUT2D eigenvalue weighted by Crippen LogP contribution is 2.32. The monoisotopic (exact) mass is 429 g/mol. The van der Waals surface area contributed by atoms with Crippen LogP contribution in [0.25, 0.3) is 22.0 Å². The van der Waals surface area contributed by atoms with Gasteiger partial charge in [0.15, 0.2) is 0 Å². The Morgan fingerprint density at radius 2 is 1.81 bits per heavy atom. The number of carbonyl (C=O) groups is 1. The zero-order valence-corrected chi connectivity index (χ0v) is 19.1. The molecule has 1 N–H and O–H groups in total. The summed E-state index contributed by atoms with van der Waals surface area (Å²) >= 11 is 0. The lowest BCUT2D eigenvalue weighted by Gasteiger charge is -2.24. The Bertz CT molecular complexity index is 1150. The van der Waals surface area contributed by atoms with Crippen LogP contribution in [0.5, 0.6) is 0 Å². The summed E-state index contributed by atoms with van der Waals surface area (Å²) in [6.07, 6.45) is 4.63. The minimum Gasteiger partial charge on any atom is -0.367 e. The first-order valence-electron chi connectivity index (χ1n) is 11.5. The molecular formula is C26H31N5O. The average molecular weight is 430 g/mol. The highest BCUT2D eigenvalue weighted by Gasteiger charge is 2.32. The van der Waals surface area contributed by atoms with Gasteiger partial charge in [-0.2, -0.15) is 0 Å². The lowest BCUT2D eigenvalue weighted by molar-refractivity contribution is -0.133. The molecule has 0 saturated heterocycles. The van der Waals surface area contributed by atoms with Gasteiger partial charge in [-0.1, -0.05) is 24.3 Å². The minimum atomic E-state index is 0.205. The quantitative estimate of drug-likeness (QED) is 0.581. The number of benzene rings is 2. The fraction of sp³-hybridized carbons (Fsp3) is 0.423. The number of nitrogens with one attached hydrogen (secondary N) is 1. The summed E-state index contributed by atoms with van der Waals surface area (Å²) in [5.74, 6) is 1.93. The summed E-state index contributed by atoms with van der Waals surface area (Å²) in [5.41, 5.74) is 4.43. The summed E-state index contributed by atoms with van der Waals surface area (Å²) in [5, 5.41) is 4.63. The van der Waals surface area contributed by atoms with E-state index >= 15 is 0 Å². The smallest absolute Gasteiger partial charge is 0.237 e. The SMILES string of the molecule is Cc1nc(NC2CC2)c2cc(-c3cccc(CN(C(=O)CN(C)C)C4CC4)c3)ccc2n1. The lowest BCUT2D eigenvalue weighted by atomic mass is 10.0. The number of fused-ring (bicyclic) bond motifs is 1. The van der Waals surface area contributed by atoms with Crippen molar-refractivity contribution in [3.05, 3.63) is 53.9 Å². The van der Waals surface area contributed by atoms with Crippen LogP contribution in [0.2, 0.25) is 0 Å². The van der Waals surface area contributed by atoms with Gasteiger partial charge in [-0.05, 0) is 81.6 Å². The molecule has 0 bridgehead atoms. The molecule has 2 aliphatic carbocycles. The molecule has 2 aliphatic rings. The molecule has 1 amide bonds. The fourth-order valence-corrected chi connectivity index (χ4v) is 4.17. The Balaban J connectivity index is 1.43. The molecule has 1 aromatic heterocycles. The molecule has 0 atom stereocenters. The van der Waals surface area contributed by atoms with Crippen LogP contribution in [0, 0.1) is 6.92 Å². The third-order valence-corrected chi connectivity index (χ3v) is 6.10. The van der Waals surface area contributed by atoms with Crippen molar-refractivity contribution in [2.45, 2.75) is 51.2 Å². The van der Waals surface area contributed by atoms with E-state index in [1.807, 2.05) is 30.8 Å². The Hall–Kier alpha value is -2.99. The topological polar surface area (TPSA) is 61.4 Å². The summed E-state index contributed by atoms with van der Waals surface area (Å²) in [7, 11) is 3.89. The maximum atomic E-state index is 12.8. The highest BCUT2D eigenvalue weighted by molar-refractivity contribution is 5.93. The molecule has 6 nitrogen and oxygen atoms in total. The number of carbonyl (C=O) groups excluding carboxylic acids is 1. The van der Waals surface area contributed by atoms with Crippen molar-refractivity contribution in [3.8, 4) is 11.1 Å². The number of likely N-dealkylation sites (N-methyl/N-ethyl adjacent to an activating group) is 1.